The van der Waals surface area contributed by atoms with Gasteiger partial charge in [-0.2, -0.15) is 8.78 Å². The Bertz CT molecular complexity index is 614. The van der Waals surface area contributed by atoms with Crippen LogP contribution in [0.15, 0.2) is 29.4 Å². The summed E-state index contributed by atoms with van der Waals surface area (Å²) >= 11 is 1.42. The number of aromatic nitrogens is 3. The molecule has 3 rings (SSSR count). The lowest BCUT2D eigenvalue weighted by molar-refractivity contribution is -0.0503. The van der Waals surface area contributed by atoms with E-state index < -0.39 is 6.61 Å². The molecule has 0 aliphatic heterocycles. The fraction of sp³-hybridized carbons (Fsp3) is 0.467. The average Bonchev–Trinajstić information content (AvgIpc) is 3.17. The molecule has 1 aromatic heterocycles. The fourth-order valence-corrected chi connectivity index (χ4v) is 3.48. The predicted molar refractivity (Wildman–Crippen MR) is 80.2 cm³/mol. The second-order valence-electron chi connectivity index (χ2n) is 5.26. The Kier molecular flexibility index (Phi) is 4.92. The number of ether oxygens (including phenoxy) is 1. The smallest absolute Gasteiger partial charge is 0.387 e. The van der Waals surface area contributed by atoms with Crippen molar-refractivity contribution >= 4 is 11.8 Å². The van der Waals surface area contributed by atoms with Crippen molar-refractivity contribution in [2.45, 2.75) is 49.1 Å². The van der Waals surface area contributed by atoms with Gasteiger partial charge >= 0.3 is 6.61 Å². The van der Waals surface area contributed by atoms with Crippen LogP contribution in [0.2, 0.25) is 0 Å². The van der Waals surface area contributed by atoms with Gasteiger partial charge in [-0.15, -0.1) is 5.10 Å². The van der Waals surface area contributed by atoms with E-state index in [1.54, 1.807) is 24.3 Å². The molecule has 0 spiro atoms. The molecule has 0 unspecified atom stereocenters. The molecule has 118 valence electrons. The Morgan fingerprint density at radius 3 is 2.82 bits per heavy atom. The number of rotatable bonds is 6. The first-order valence-electron chi connectivity index (χ1n) is 7.30. The maximum atomic E-state index is 12.4. The number of thioether (sulfide) groups is 1. The molecular formula is C15H17F2N3OS. The van der Waals surface area contributed by atoms with Crippen LogP contribution in [-0.2, 0) is 5.75 Å². The van der Waals surface area contributed by atoms with Gasteiger partial charge in [0, 0.05) is 17.2 Å². The summed E-state index contributed by atoms with van der Waals surface area (Å²) in [6.07, 6.45) is 4.80. The molecule has 1 aliphatic rings. The number of nitrogens with one attached hydrogen (secondary N) is 1. The number of nitrogens with zero attached hydrogens (tertiary/aromatic N) is 2. The van der Waals surface area contributed by atoms with Crippen LogP contribution in [-0.4, -0.2) is 21.8 Å². The summed E-state index contributed by atoms with van der Waals surface area (Å²) in [6, 6.07) is 6.80. The molecule has 1 N–H and O–H groups in total. The zero-order valence-electron chi connectivity index (χ0n) is 12.0. The van der Waals surface area contributed by atoms with E-state index in [0.29, 0.717) is 22.4 Å². The Morgan fingerprint density at radius 1 is 1.27 bits per heavy atom. The highest BCUT2D eigenvalue weighted by Crippen LogP contribution is 2.33. The minimum absolute atomic E-state index is 0.205. The van der Waals surface area contributed by atoms with Crippen molar-refractivity contribution in [3.63, 3.8) is 0 Å². The number of aromatic amines is 1. The molecule has 1 heterocycles. The van der Waals surface area contributed by atoms with Gasteiger partial charge in [0.1, 0.15) is 11.6 Å². The van der Waals surface area contributed by atoms with Gasteiger partial charge in [-0.3, -0.25) is 5.10 Å². The van der Waals surface area contributed by atoms with Gasteiger partial charge in [0.25, 0.3) is 0 Å². The van der Waals surface area contributed by atoms with Crippen molar-refractivity contribution in [3.05, 3.63) is 35.7 Å². The molecule has 0 amide bonds. The minimum Gasteiger partial charge on any atom is -0.435 e. The third-order valence-electron chi connectivity index (χ3n) is 3.77. The molecule has 0 atom stereocenters. The second-order valence-corrected chi connectivity index (χ2v) is 6.20. The molecule has 0 saturated heterocycles. The van der Waals surface area contributed by atoms with Crippen molar-refractivity contribution in [1.82, 2.24) is 15.2 Å². The first-order valence-corrected chi connectivity index (χ1v) is 8.29. The molecule has 7 heteroatoms. The van der Waals surface area contributed by atoms with Crippen LogP contribution in [0, 0.1) is 0 Å². The lowest BCUT2D eigenvalue weighted by Crippen LogP contribution is -2.03. The Hall–Kier alpha value is -1.63. The van der Waals surface area contributed by atoms with Gasteiger partial charge in [0.2, 0.25) is 5.16 Å². The predicted octanol–water partition coefficient (Wildman–Crippen LogP) is 4.36. The Balaban J connectivity index is 1.63. The molecular weight excluding hydrogens is 308 g/mol. The molecule has 1 aromatic carbocycles. The van der Waals surface area contributed by atoms with Crippen LogP contribution < -0.4 is 4.74 Å². The molecule has 4 nitrogen and oxygen atoms in total. The highest BCUT2D eigenvalue weighted by molar-refractivity contribution is 7.98. The first-order chi connectivity index (χ1) is 10.7. The van der Waals surface area contributed by atoms with Crippen LogP contribution in [0.3, 0.4) is 0 Å². The van der Waals surface area contributed by atoms with E-state index >= 15 is 0 Å². The molecule has 22 heavy (non-hydrogen) atoms. The number of para-hydroxylation sites is 1. The van der Waals surface area contributed by atoms with Gasteiger partial charge in [-0.25, -0.2) is 4.98 Å². The van der Waals surface area contributed by atoms with Gasteiger partial charge in [-0.05, 0) is 18.9 Å². The van der Waals surface area contributed by atoms with E-state index in [1.807, 2.05) is 0 Å². The minimum atomic E-state index is -2.82. The lowest BCUT2D eigenvalue weighted by atomic mass is 10.1. The van der Waals surface area contributed by atoms with Crippen molar-refractivity contribution in [2.75, 3.05) is 0 Å². The largest absolute Gasteiger partial charge is 0.435 e. The third-order valence-corrected chi connectivity index (χ3v) is 4.67. The van der Waals surface area contributed by atoms with E-state index in [9.17, 15) is 8.78 Å². The van der Waals surface area contributed by atoms with Gasteiger partial charge in [0.15, 0.2) is 0 Å². The quantitative estimate of drug-likeness (QED) is 0.802. The van der Waals surface area contributed by atoms with Crippen molar-refractivity contribution in [1.29, 1.82) is 0 Å². The normalized spacial score (nSPS) is 15.6. The number of halogens is 2. The fourth-order valence-electron chi connectivity index (χ4n) is 2.68. The standard InChI is InChI=1S/C15H17F2N3OS/c16-14(17)21-12-8-4-3-7-11(12)9-22-15-18-13(19-20-15)10-5-1-2-6-10/h3-4,7-8,10,14H,1-2,5-6,9H2,(H,18,19,20). The summed E-state index contributed by atoms with van der Waals surface area (Å²) in [4.78, 5) is 4.51. The third kappa shape index (κ3) is 3.76. The number of H-pyrrole nitrogens is 1. The second kappa shape index (κ2) is 7.09. The average molecular weight is 325 g/mol. The molecule has 1 fully saturated rings. The number of benzene rings is 1. The molecule has 2 aromatic rings. The lowest BCUT2D eigenvalue weighted by Gasteiger charge is -2.09. The van der Waals surface area contributed by atoms with Gasteiger partial charge < -0.3 is 4.74 Å². The topological polar surface area (TPSA) is 50.8 Å². The molecule has 1 saturated carbocycles. The van der Waals surface area contributed by atoms with Crippen LogP contribution >= 0.6 is 11.8 Å². The van der Waals surface area contributed by atoms with Crippen molar-refractivity contribution in [3.8, 4) is 5.75 Å². The summed E-state index contributed by atoms with van der Waals surface area (Å²) in [5, 5.41) is 7.85. The summed E-state index contributed by atoms with van der Waals surface area (Å²) in [5.41, 5.74) is 0.708. The number of hydrogen-bond acceptors (Lipinski definition) is 4. The van der Waals surface area contributed by atoms with E-state index in [4.69, 9.17) is 0 Å². The highest BCUT2D eigenvalue weighted by atomic mass is 32.2. The van der Waals surface area contributed by atoms with Crippen molar-refractivity contribution in [2.24, 2.45) is 0 Å². The highest BCUT2D eigenvalue weighted by Gasteiger charge is 2.20. The van der Waals surface area contributed by atoms with E-state index in [-0.39, 0.29) is 5.75 Å². The number of hydrogen-bond donors (Lipinski definition) is 1. The summed E-state index contributed by atoms with van der Waals surface area (Å²) in [5.74, 6) is 2.12. The monoisotopic (exact) mass is 325 g/mol. The SMILES string of the molecule is FC(F)Oc1ccccc1CSc1n[nH]c(C2CCCC2)n1. The van der Waals surface area contributed by atoms with Crippen LogP contribution in [0.25, 0.3) is 0 Å². The summed E-state index contributed by atoms with van der Waals surface area (Å²) in [6.45, 7) is -2.82. The van der Waals surface area contributed by atoms with E-state index in [1.165, 1.54) is 24.6 Å². The van der Waals surface area contributed by atoms with Crippen molar-refractivity contribution < 1.29 is 13.5 Å². The molecule has 0 bridgehead atoms. The van der Waals surface area contributed by atoms with Gasteiger partial charge in [-0.1, -0.05) is 42.8 Å². The van der Waals surface area contributed by atoms with E-state index in [2.05, 4.69) is 19.9 Å². The first kappa shape index (κ1) is 15.3. The van der Waals surface area contributed by atoms with E-state index in [0.717, 1.165) is 18.7 Å². The number of alkyl halides is 2. The molecule has 0 radical (unpaired) electrons. The summed E-state index contributed by atoms with van der Waals surface area (Å²) in [7, 11) is 0. The molecule has 1 aliphatic carbocycles. The summed E-state index contributed by atoms with van der Waals surface area (Å²) < 4.78 is 29.3. The van der Waals surface area contributed by atoms with Crippen LogP contribution in [0.4, 0.5) is 8.78 Å². The maximum absolute atomic E-state index is 12.4. The van der Waals surface area contributed by atoms with Crippen LogP contribution in [0.5, 0.6) is 5.75 Å². The Labute approximate surface area is 131 Å². The van der Waals surface area contributed by atoms with Crippen LogP contribution in [0.1, 0.15) is 43.0 Å². The zero-order valence-corrected chi connectivity index (χ0v) is 12.8. The Morgan fingerprint density at radius 2 is 2.05 bits per heavy atom. The van der Waals surface area contributed by atoms with Gasteiger partial charge in [0.05, 0.1) is 0 Å². The maximum Gasteiger partial charge on any atom is 0.387 e. The zero-order chi connectivity index (χ0) is 15.4.